The summed E-state index contributed by atoms with van der Waals surface area (Å²) in [5, 5.41) is 0. The van der Waals surface area contributed by atoms with Gasteiger partial charge in [-0.1, -0.05) is 38.1 Å². The Balaban J connectivity index is 2.62. The van der Waals surface area contributed by atoms with Gasteiger partial charge in [-0.3, -0.25) is 4.21 Å². The number of hydrogen-bond donors (Lipinski definition) is 0. The average Bonchev–Trinajstić information content (AvgIpc) is 2.39. The average molecular weight is 207 g/mol. The molecule has 1 aliphatic rings. The molecular weight excluding hydrogens is 196 g/mol. The van der Waals surface area contributed by atoms with E-state index in [9.17, 15) is 8.76 Å². The summed E-state index contributed by atoms with van der Waals surface area (Å²) in [6, 6.07) is 7.77. The molecule has 1 aromatic carbocycles. The van der Waals surface area contributed by atoms with Crippen LogP contribution in [0.25, 0.3) is 6.08 Å². The fraction of sp³-hybridized carbons (Fsp3) is 0.273. The second-order valence-corrected chi connectivity index (χ2v) is 4.86. The van der Waals surface area contributed by atoms with Gasteiger partial charge in [-0.15, -0.1) is 0 Å². The van der Waals surface area contributed by atoms with Gasteiger partial charge in [-0.2, -0.15) is 0 Å². The van der Waals surface area contributed by atoms with Crippen molar-refractivity contribution in [2.75, 3.05) is 0 Å². The Bertz CT molecular complexity index is 433. The summed E-state index contributed by atoms with van der Waals surface area (Å²) in [7, 11) is 0. The van der Waals surface area contributed by atoms with Crippen LogP contribution in [0.5, 0.6) is 0 Å². The molecular formula is C11H11O2S-. The van der Waals surface area contributed by atoms with E-state index in [4.69, 9.17) is 0 Å². The molecule has 2 rings (SSSR count). The quantitative estimate of drug-likeness (QED) is 0.662. The van der Waals surface area contributed by atoms with E-state index in [0.717, 1.165) is 11.1 Å². The highest BCUT2D eigenvalue weighted by atomic mass is 32.2. The molecule has 0 radical (unpaired) electrons. The van der Waals surface area contributed by atoms with Crippen molar-refractivity contribution in [3.63, 3.8) is 0 Å². The molecule has 3 heteroatoms. The van der Waals surface area contributed by atoms with Crippen molar-refractivity contribution in [3.8, 4) is 0 Å². The summed E-state index contributed by atoms with van der Waals surface area (Å²) in [6.07, 6.45) is 1.75. The van der Waals surface area contributed by atoms with Crippen molar-refractivity contribution in [1.29, 1.82) is 0 Å². The fourth-order valence-corrected chi connectivity index (χ4v) is 2.65. The van der Waals surface area contributed by atoms with Crippen LogP contribution in [0.3, 0.4) is 0 Å². The van der Waals surface area contributed by atoms with E-state index < -0.39 is 11.1 Å². The fourth-order valence-electron chi connectivity index (χ4n) is 1.90. The molecule has 0 spiro atoms. The Kier molecular flexibility index (Phi) is 2.09. The topological polar surface area (TPSA) is 40.1 Å². The molecule has 0 N–H and O–H groups in total. The Morgan fingerprint density at radius 3 is 2.50 bits per heavy atom. The first-order chi connectivity index (χ1) is 6.53. The molecule has 0 saturated carbocycles. The largest absolute Gasteiger partial charge is 0.769 e. The first-order valence-electron chi connectivity index (χ1n) is 4.44. The highest BCUT2D eigenvalue weighted by Crippen LogP contribution is 2.42. The summed E-state index contributed by atoms with van der Waals surface area (Å²) < 4.78 is 22.0. The Hall–Kier alpha value is -0.930. The minimum Gasteiger partial charge on any atom is -0.769 e. The van der Waals surface area contributed by atoms with Crippen LogP contribution in [0.15, 0.2) is 29.2 Å². The van der Waals surface area contributed by atoms with Gasteiger partial charge in [0.2, 0.25) is 0 Å². The van der Waals surface area contributed by atoms with Crippen molar-refractivity contribution in [3.05, 3.63) is 40.3 Å². The van der Waals surface area contributed by atoms with Gasteiger partial charge in [0.15, 0.2) is 0 Å². The Morgan fingerprint density at radius 1 is 1.29 bits per heavy atom. The minimum atomic E-state index is -2.13. The van der Waals surface area contributed by atoms with Crippen molar-refractivity contribution >= 4 is 17.2 Å². The number of rotatable bonds is 1. The van der Waals surface area contributed by atoms with Gasteiger partial charge in [0, 0.05) is 10.3 Å². The van der Waals surface area contributed by atoms with Gasteiger partial charge in [0.1, 0.15) is 0 Å². The third-order valence-corrected chi connectivity index (χ3v) is 3.70. The lowest BCUT2D eigenvalue weighted by Gasteiger charge is -2.25. The number of hydrogen-bond acceptors (Lipinski definition) is 2. The van der Waals surface area contributed by atoms with Gasteiger partial charge in [-0.05, 0) is 28.3 Å². The molecule has 0 saturated heterocycles. The predicted octanol–water partition coefficient (Wildman–Crippen LogP) is 2.20. The van der Waals surface area contributed by atoms with Gasteiger partial charge in [0.25, 0.3) is 0 Å². The molecule has 1 aliphatic carbocycles. The summed E-state index contributed by atoms with van der Waals surface area (Å²) in [5.41, 5.74) is 1.71. The Labute approximate surface area is 85.9 Å². The molecule has 0 bridgehead atoms. The van der Waals surface area contributed by atoms with E-state index in [0.29, 0.717) is 4.91 Å². The molecule has 2 nitrogen and oxygen atoms in total. The smallest absolute Gasteiger partial charge is 0.0226 e. The van der Waals surface area contributed by atoms with Crippen molar-refractivity contribution in [2.45, 2.75) is 19.3 Å². The molecule has 0 amide bonds. The van der Waals surface area contributed by atoms with E-state index in [-0.39, 0.29) is 5.41 Å². The zero-order chi connectivity index (χ0) is 10.3. The van der Waals surface area contributed by atoms with Crippen molar-refractivity contribution in [1.82, 2.24) is 0 Å². The lowest BCUT2D eigenvalue weighted by molar-refractivity contribution is 0.532. The maximum atomic E-state index is 11.0. The third-order valence-electron chi connectivity index (χ3n) is 2.72. The van der Waals surface area contributed by atoms with E-state index in [1.807, 2.05) is 38.1 Å². The monoisotopic (exact) mass is 207 g/mol. The predicted molar refractivity (Wildman–Crippen MR) is 56.4 cm³/mol. The molecule has 0 aliphatic heterocycles. The molecule has 1 atom stereocenters. The SMILES string of the molecule is CC1(C)C(S(=O)[O-])=Cc2ccccc21. The normalized spacial score (nSPS) is 20.1. The third kappa shape index (κ3) is 1.24. The van der Waals surface area contributed by atoms with Crippen molar-refractivity contribution in [2.24, 2.45) is 0 Å². The number of allylic oxidation sites excluding steroid dienone is 1. The van der Waals surface area contributed by atoms with Crippen LogP contribution in [0.4, 0.5) is 0 Å². The second-order valence-electron chi connectivity index (χ2n) is 3.96. The zero-order valence-electron chi connectivity index (χ0n) is 8.11. The van der Waals surface area contributed by atoms with Crippen LogP contribution >= 0.6 is 0 Å². The Morgan fingerprint density at radius 2 is 1.93 bits per heavy atom. The maximum absolute atomic E-state index is 11.0. The lowest BCUT2D eigenvalue weighted by Crippen LogP contribution is -2.19. The van der Waals surface area contributed by atoms with E-state index in [1.165, 1.54) is 0 Å². The first kappa shape index (κ1) is 9.62. The number of fused-ring (bicyclic) bond motifs is 1. The summed E-state index contributed by atoms with van der Waals surface area (Å²) in [4.78, 5) is 0.471. The molecule has 14 heavy (non-hydrogen) atoms. The van der Waals surface area contributed by atoms with Gasteiger partial charge in [0.05, 0.1) is 0 Å². The van der Waals surface area contributed by atoms with Crippen LogP contribution < -0.4 is 0 Å². The summed E-state index contributed by atoms with van der Waals surface area (Å²) in [5.74, 6) is 0. The van der Waals surface area contributed by atoms with Crippen molar-refractivity contribution < 1.29 is 8.76 Å². The van der Waals surface area contributed by atoms with Crippen LogP contribution in [0.1, 0.15) is 25.0 Å². The van der Waals surface area contributed by atoms with Crippen LogP contribution in [-0.2, 0) is 16.5 Å². The van der Waals surface area contributed by atoms with E-state index in [2.05, 4.69) is 0 Å². The van der Waals surface area contributed by atoms with E-state index in [1.54, 1.807) is 6.08 Å². The molecule has 74 valence electrons. The first-order valence-corrected chi connectivity index (χ1v) is 5.52. The molecule has 1 aromatic rings. The van der Waals surface area contributed by atoms with Crippen LogP contribution in [0.2, 0.25) is 0 Å². The minimum absolute atomic E-state index is 0.386. The van der Waals surface area contributed by atoms with Gasteiger partial charge in [-0.25, -0.2) is 0 Å². The number of benzene rings is 1. The second kappa shape index (κ2) is 3.04. The van der Waals surface area contributed by atoms with Gasteiger partial charge >= 0.3 is 0 Å². The van der Waals surface area contributed by atoms with Crippen LogP contribution in [-0.4, -0.2) is 8.76 Å². The molecule has 0 heterocycles. The lowest BCUT2D eigenvalue weighted by atomic mass is 9.87. The molecule has 0 aromatic heterocycles. The standard InChI is InChI=1S/C11H12O2S/c1-11(2)9-6-4-3-5-8(9)7-10(11)14(12)13/h3-7H,1-2H3,(H,12,13)/p-1. The van der Waals surface area contributed by atoms with E-state index >= 15 is 0 Å². The maximum Gasteiger partial charge on any atom is 0.0226 e. The molecule has 1 unspecified atom stereocenters. The highest BCUT2D eigenvalue weighted by molar-refractivity contribution is 7.83. The summed E-state index contributed by atoms with van der Waals surface area (Å²) in [6.45, 7) is 3.86. The summed E-state index contributed by atoms with van der Waals surface area (Å²) >= 11 is -2.13. The zero-order valence-corrected chi connectivity index (χ0v) is 8.93. The molecule has 0 fully saturated rings. The van der Waals surface area contributed by atoms with Gasteiger partial charge < -0.3 is 4.55 Å². The van der Waals surface area contributed by atoms with Crippen LogP contribution in [0, 0.1) is 0 Å². The highest BCUT2D eigenvalue weighted by Gasteiger charge is 2.32.